The Labute approximate surface area is 113 Å². The smallest absolute Gasteiger partial charge is 0.129 e. The Kier molecular flexibility index (Phi) is 3.65. The van der Waals surface area contributed by atoms with Crippen LogP contribution in [-0.4, -0.2) is 11.6 Å². The summed E-state index contributed by atoms with van der Waals surface area (Å²) in [5.74, 6) is 1.33. The van der Waals surface area contributed by atoms with Gasteiger partial charge in [0.2, 0.25) is 0 Å². The minimum atomic E-state index is 0.570. The Morgan fingerprint density at radius 1 is 1.21 bits per heavy atom. The molecule has 3 rings (SSSR count). The summed E-state index contributed by atoms with van der Waals surface area (Å²) in [5, 5.41) is 1.12. The van der Waals surface area contributed by atoms with E-state index in [1.807, 2.05) is 18.2 Å². The van der Waals surface area contributed by atoms with Gasteiger partial charge in [0, 0.05) is 17.6 Å². The predicted molar refractivity (Wildman–Crippen MR) is 77.8 cm³/mol. The monoisotopic (exact) mass is 256 g/mol. The van der Waals surface area contributed by atoms with Crippen LogP contribution < -0.4 is 5.73 Å². The first-order chi connectivity index (χ1) is 9.33. The molecular formula is C16H20N2O. The van der Waals surface area contributed by atoms with Crippen LogP contribution in [-0.2, 0) is 11.3 Å². The van der Waals surface area contributed by atoms with Crippen LogP contribution in [0.3, 0.4) is 0 Å². The summed E-state index contributed by atoms with van der Waals surface area (Å²) in [6.45, 7) is 1.42. The highest BCUT2D eigenvalue weighted by atomic mass is 16.5. The maximum atomic E-state index is 5.99. The predicted octanol–water partition coefficient (Wildman–Crippen LogP) is 3.52. The molecule has 0 saturated heterocycles. The van der Waals surface area contributed by atoms with Crippen molar-refractivity contribution in [2.75, 3.05) is 12.3 Å². The number of rotatable bonds is 4. The number of anilines is 1. The minimum absolute atomic E-state index is 0.570. The molecule has 0 aliphatic heterocycles. The van der Waals surface area contributed by atoms with E-state index in [1.54, 1.807) is 0 Å². The van der Waals surface area contributed by atoms with E-state index < -0.39 is 0 Å². The van der Waals surface area contributed by atoms with Crippen LogP contribution in [0.2, 0.25) is 0 Å². The van der Waals surface area contributed by atoms with E-state index in [0.717, 1.165) is 29.0 Å². The molecule has 100 valence electrons. The van der Waals surface area contributed by atoms with E-state index in [2.05, 4.69) is 17.1 Å². The fourth-order valence-electron chi connectivity index (χ4n) is 2.80. The zero-order valence-electron chi connectivity index (χ0n) is 11.1. The Balaban J connectivity index is 1.67. The number of nitrogens with two attached hydrogens (primary N) is 1. The lowest BCUT2D eigenvalue weighted by molar-refractivity contribution is 0.0892. The van der Waals surface area contributed by atoms with Gasteiger partial charge in [-0.3, -0.25) is 0 Å². The maximum Gasteiger partial charge on any atom is 0.129 e. The first-order valence-electron chi connectivity index (χ1n) is 7.05. The largest absolute Gasteiger partial charge is 0.383 e. The fraction of sp³-hybridized carbons (Fsp3) is 0.438. The van der Waals surface area contributed by atoms with Crippen molar-refractivity contribution in [3.8, 4) is 0 Å². The molecule has 2 N–H and O–H groups in total. The molecule has 1 aromatic heterocycles. The first-order valence-corrected chi connectivity index (χ1v) is 7.05. The third kappa shape index (κ3) is 2.87. The molecule has 0 atom stereocenters. The van der Waals surface area contributed by atoms with Crippen molar-refractivity contribution in [3.05, 3.63) is 35.9 Å². The summed E-state index contributed by atoms with van der Waals surface area (Å²) in [7, 11) is 0. The van der Waals surface area contributed by atoms with Gasteiger partial charge in [0.1, 0.15) is 5.82 Å². The van der Waals surface area contributed by atoms with Crippen molar-refractivity contribution in [1.29, 1.82) is 0 Å². The quantitative estimate of drug-likeness (QED) is 0.910. The van der Waals surface area contributed by atoms with E-state index >= 15 is 0 Å². The van der Waals surface area contributed by atoms with E-state index in [1.165, 1.54) is 25.7 Å². The summed E-state index contributed by atoms with van der Waals surface area (Å²) < 4.78 is 5.81. The Morgan fingerprint density at radius 2 is 2.00 bits per heavy atom. The van der Waals surface area contributed by atoms with Crippen molar-refractivity contribution in [2.45, 2.75) is 32.3 Å². The van der Waals surface area contributed by atoms with Crippen LogP contribution in [0.25, 0.3) is 10.9 Å². The number of benzene rings is 1. The number of aromatic nitrogens is 1. The van der Waals surface area contributed by atoms with Crippen molar-refractivity contribution in [2.24, 2.45) is 5.92 Å². The van der Waals surface area contributed by atoms with Gasteiger partial charge in [0.15, 0.2) is 0 Å². The standard InChI is InChI=1S/C16H20N2O/c17-16-14(11-19-10-12-5-1-2-6-12)9-13-7-3-4-8-15(13)18-16/h3-4,7-9,12H,1-2,5-6,10-11H2,(H2,17,18). The normalized spacial score (nSPS) is 16.2. The second-order valence-electron chi connectivity index (χ2n) is 5.39. The average Bonchev–Trinajstić information content (AvgIpc) is 2.92. The average molecular weight is 256 g/mol. The molecule has 3 heteroatoms. The van der Waals surface area contributed by atoms with Crippen LogP contribution in [0.15, 0.2) is 30.3 Å². The topological polar surface area (TPSA) is 48.1 Å². The van der Waals surface area contributed by atoms with Crippen molar-refractivity contribution in [3.63, 3.8) is 0 Å². The van der Waals surface area contributed by atoms with Crippen LogP contribution in [0.1, 0.15) is 31.2 Å². The number of nitrogen functional groups attached to an aromatic ring is 1. The summed E-state index contributed by atoms with van der Waals surface area (Å²) in [4.78, 5) is 4.42. The highest BCUT2D eigenvalue weighted by molar-refractivity contribution is 5.81. The second kappa shape index (κ2) is 5.57. The number of hydrogen-bond acceptors (Lipinski definition) is 3. The molecule has 1 heterocycles. The molecule has 1 saturated carbocycles. The van der Waals surface area contributed by atoms with Gasteiger partial charge in [-0.1, -0.05) is 31.0 Å². The molecule has 0 amide bonds. The lowest BCUT2D eigenvalue weighted by Crippen LogP contribution is -2.07. The second-order valence-corrected chi connectivity index (χ2v) is 5.39. The van der Waals surface area contributed by atoms with Crippen molar-refractivity contribution in [1.82, 2.24) is 4.98 Å². The SMILES string of the molecule is Nc1nc2ccccc2cc1COCC1CCCC1. The Bertz CT molecular complexity index is 562. The molecule has 1 aliphatic rings. The van der Waals surface area contributed by atoms with E-state index in [4.69, 9.17) is 10.5 Å². The summed E-state index contributed by atoms with van der Waals surface area (Å²) in [6.07, 6.45) is 5.33. The molecule has 1 fully saturated rings. The van der Waals surface area contributed by atoms with Gasteiger partial charge in [0.25, 0.3) is 0 Å². The molecule has 19 heavy (non-hydrogen) atoms. The number of ether oxygens (including phenoxy) is 1. The first kappa shape index (κ1) is 12.4. The van der Waals surface area contributed by atoms with Crippen molar-refractivity contribution < 1.29 is 4.74 Å². The molecule has 0 radical (unpaired) electrons. The molecule has 0 unspecified atom stereocenters. The minimum Gasteiger partial charge on any atom is -0.383 e. The third-order valence-corrected chi connectivity index (χ3v) is 3.92. The summed E-state index contributed by atoms with van der Waals surface area (Å²) >= 11 is 0. The third-order valence-electron chi connectivity index (χ3n) is 3.92. The van der Waals surface area contributed by atoms with Crippen LogP contribution in [0.5, 0.6) is 0 Å². The summed E-state index contributed by atoms with van der Waals surface area (Å²) in [5.41, 5.74) is 7.93. The number of nitrogens with zero attached hydrogens (tertiary/aromatic N) is 1. The molecule has 1 aliphatic carbocycles. The van der Waals surface area contributed by atoms with E-state index in [9.17, 15) is 0 Å². The van der Waals surface area contributed by atoms with Crippen LogP contribution in [0.4, 0.5) is 5.82 Å². The van der Waals surface area contributed by atoms with Gasteiger partial charge in [-0.25, -0.2) is 4.98 Å². The summed E-state index contributed by atoms with van der Waals surface area (Å²) in [6, 6.07) is 10.1. The zero-order valence-corrected chi connectivity index (χ0v) is 11.1. The molecule has 0 bridgehead atoms. The number of hydrogen-bond donors (Lipinski definition) is 1. The number of fused-ring (bicyclic) bond motifs is 1. The van der Waals surface area contributed by atoms with Gasteiger partial charge in [0.05, 0.1) is 12.1 Å². The van der Waals surface area contributed by atoms with Gasteiger partial charge in [-0.05, 0) is 30.9 Å². The Morgan fingerprint density at radius 3 is 2.84 bits per heavy atom. The lowest BCUT2D eigenvalue weighted by atomic mass is 10.1. The molecular weight excluding hydrogens is 236 g/mol. The van der Waals surface area contributed by atoms with Gasteiger partial charge in [-0.15, -0.1) is 0 Å². The van der Waals surface area contributed by atoms with Gasteiger partial charge >= 0.3 is 0 Å². The highest BCUT2D eigenvalue weighted by Crippen LogP contribution is 2.25. The molecule has 2 aromatic rings. The van der Waals surface area contributed by atoms with E-state index in [-0.39, 0.29) is 0 Å². The van der Waals surface area contributed by atoms with E-state index in [0.29, 0.717) is 12.4 Å². The van der Waals surface area contributed by atoms with Crippen LogP contribution >= 0.6 is 0 Å². The number of para-hydroxylation sites is 1. The maximum absolute atomic E-state index is 5.99. The lowest BCUT2D eigenvalue weighted by Gasteiger charge is -2.11. The fourth-order valence-corrected chi connectivity index (χ4v) is 2.80. The number of pyridine rings is 1. The molecule has 1 aromatic carbocycles. The van der Waals surface area contributed by atoms with Crippen LogP contribution in [0, 0.1) is 5.92 Å². The van der Waals surface area contributed by atoms with Gasteiger partial charge < -0.3 is 10.5 Å². The zero-order chi connectivity index (χ0) is 13.1. The van der Waals surface area contributed by atoms with Crippen molar-refractivity contribution >= 4 is 16.7 Å². The highest BCUT2D eigenvalue weighted by Gasteiger charge is 2.15. The Hall–Kier alpha value is -1.61. The van der Waals surface area contributed by atoms with Gasteiger partial charge in [-0.2, -0.15) is 0 Å². The molecule has 3 nitrogen and oxygen atoms in total. The molecule has 0 spiro atoms.